The van der Waals surface area contributed by atoms with Gasteiger partial charge in [0, 0.05) is 0 Å². The van der Waals surface area contributed by atoms with Crippen molar-refractivity contribution in [2.45, 2.75) is 33.6 Å². The van der Waals surface area contributed by atoms with Crippen LogP contribution in [0.4, 0.5) is 0 Å². The van der Waals surface area contributed by atoms with E-state index in [4.69, 9.17) is 16.1 Å². The third-order valence-corrected chi connectivity index (χ3v) is 4.01. The number of rotatable bonds is 8. The lowest BCUT2D eigenvalue weighted by Gasteiger charge is -2.11. The molecule has 0 aromatic carbocycles. The Kier molecular flexibility index (Phi) is 7.18. The van der Waals surface area contributed by atoms with Gasteiger partial charge in [-0.3, -0.25) is 4.52 Å². The largest absolute Gasteiger partial charge is 0.481 e. The van der Waals surface area contributed by atoms with E-state index in [0.717, 1.165) is 12.0 Å². The predicted molar refractivity (Wildman–Crippen MR) is 71.3 cm³/mol. The number of phosphoric acid groups is 2. The normalized spacial score (nSPS) is 17.3. The van der Waals surface area contributed by atoms with Gasteiger partial charge in [0.05, 0.1) is 7.98 Å². The Morgan fingerprint density at radius 1 is 1.26 bits per heavy atom. The maximum absolute atomic E-state index is 11.2. The van der Waals surface area contributed by atoms with Crippen LogP contribution in [-0.4, -0.2) is 21.3 Å². The monoisotopic (exact) mass is 315 g/mol. The van der Waals surface area contributed by atoms with Crippen LogP contribution in [0.3, 0.4) is 0 Å². The van der Waals surface area contributed by atoms with Gasteiger partial charge in [-0.25, -0.2) is 9.13 Å². The highest BCUT2D eigenvalue weighted by atomic mass is 31.3. The smallest absolute Gasteiger partial charge is 0.302 e. The minimum atomic E-state index is -5.12. The van der Waals surface area contributed by atoms with Crippen LogP contribution < -0.4 is 0 Å². The first-order chi connectivity index (χ1) is 8.93. The highest BCUT2D eigenvalue weighted by Crippen LogP contribution is 2.57. The van der Waals surface area contributed by atoms with Crippen LogP contribution in [0, 0.1) is 0 Å². The molecule has 0 saturated heterocycles. The van der Waals surface area contributed by atoms with Crippen molar-refractivity contribution in [1.29, 1.82) is 0 Å². The fourth-order valence-corrected chi connectivity index (χ4v) is 2.55. The van der Waals surface area contributed by atoms with E-state index in [2.05, 4.69) is 8.83 Å². The van der Waals surface area contributed by atoms with Crippen LogP contribution in [-0.2, 0) is 18.0 Å². The summed E-state index contributed by atoms with van der Waals surface area (Å²) in [6.45, 7) is 5.02. The number of phosphoric ester groups is 1. The van der Waals surface area contributed by atoms with E-state index >= 15 is 0 Å². The maximum atomic E-state index is 11.2. The second-order valence-electron chi connectivity index (χ2n) is 4.09. The van der Waals surface area contributed by atoms with Gasteiger partial charge in [-0.15, -0.1) is 0 Å². The van der Waals surface area contributed by atoms with Crippen molar-refractivity contribution in [2.24, 2.45) is 0 Å². The standard InChI is InChI=1S/C10H20O7P2/c1-9(2)5-4-6-10(3)7-8-16-19(14,15)17-18(11,12)13/h5,7H,4,6,8H2,1-3H3,(H,14,15)(H2,11,12,13)/b10-7+/i7D. The van der Waals surface area contributed by atoms with Gasteiger partial charge in [0.2, 0.25) is 0 Å². The molecule has 0 saturated carbocycles. The number of allylic oxidation sites excluding steroid dienone is 3. The summed E-state index contributed by atoms with van der Waals surface area (Å²) in [7, 11) is -10.0. The van der Waals surface area contributed by atoms with Gasteiger partial charge in [-0.2, -0.15) is 4.31 Å². The zero-order valence-corrected chi connectivity index (χ0v) is 12.9. The lowest BCUT2D eigenvalue weighted by atomic mass is 10.1. The Hall–Kier alpha value is -0.260. The Balaban J connectivity index is 4.45. The average Bonchev–Trinajstić information content (AvgIpc) is 2.22. The molecule has 0 amide bonds. The van der Waals surface area contributed by atoms with E-state index < -0.39 is 22.3 Å². The summed E-state index contributed by atoms with van der Waals surface area (Å²) in [5.74, 6) is 0. The van der Waals surface area contributed by atoms with Crippen molar-refractivity contribution in [1.82, 2.24) is 0 Å². The van der Waals surface area contributed by atoms with Gasteiger partial charge in [0.1, 0.15) is 0 Å². The van der Waals surface area contributed by atoms with Crippen molar-refractivity contribution in [3.05, 3.63) is 23.3 Å². The van der Waals surface area contributed by atoms with Crippen molar-refractivity contribution in [3.63, 3.8) is 0 Å². The SMILES string of the molecule is [2H]/C(COP(=O)(O)OP(=O)(O)O)=C(/C)CCC=C(C)C. The molecule has 0 fully saturated rings. The van der Waals surface area contributed by atoms with E-state index in [9.17, 15) is 9.13 Å². The van der Waals surface area contributed by atoms with E-state index in [0.29, 0.717) is 12.0 Å². The molecule has 112 valence electrons. The molecule has 1 atom stereocenters. The van der Waals surface area contributed by atoms with Crippen molar-refractivity contribution < 1.29 is 34.0 Å². The maximum Gasteiger partial charge on any atom is 0.481 e. The zero-order valence-electron chi connectivity index (χ0n) is 12.1. The fourth-order valence-electron chi connectivity index (χ4n) is 1.06. The molecule has 3 N–H and O–H groups in total. The van der Waals surface area contributed by atoms with Gasteiger partial charge in [-0.05, 0) is 33.6 Å². The Morgan fingerprint density at radius 2 is 1.84 bits per heavy atom. The molecule has 0 rings (SSSR count). The molecule has 0 aliphatic carbocycles. The predicted octanol–water partition coefficient (Wildman–Crippen LogP) is 2.91. The summed E-state index contributed by atoms with van der Waals surface area (Å²) in [5.41, 5.74) is 1.80. The van der Waals surface area contributed by atoms with E-state index in [-0.39, 0.29) is 6.05 Å². The summed E-state index contributed by atoms with van der Waals surface area (Å²) >= 11 is 0. The van der Waals surface area contributed by atoms with Gasteiger partial charge in [0.15, 0.2) is 0 Å². The molecule has 0 radical (unpaired) electrons. The van der Waals surface area contributed by atoms with Crippen LogP contribution in [0.15, 0.2) is 23.3 Å². The summed E-state index contributed by atoms with van der Waals surface area (Å²) < 4.78 is 37.2. The van der Waals surface area contributed by atoms with Crippen LogP contribution in [0.2, 0.25) is 0 Å². The van der Waals surface area contributed by atoms with Gasteiger partial charge >= 0.3 is 15.6 Å². The minimum Gasteiger partial charge on any atom is -0.302 e. The van der Waals surface area contributed by atoms with Crippen LogP contribution in [0.1, 0.15) is 35.0 Å². The lowest BCUT2D eigenvalue weighted by molar-refractivity contribution is 0.191. The highest BCUT2D eigenvalue weighted by molar-refractivity contribution is 7.60. The molecule has 0 aromatic rings. The topological polar surface area (TPSA) is 113 Å². The number of hydrogen-bond donors (Lipinski definition) is 3. The molecule has 19 heavy (non-hydrogen) atoms. The van der Waals surface area contributed by atoms with Crippen molar-refractivity contribution >= 4 is 15.6 Å². The van der Waals surface area contributed by atoms with E-state index in [1.807, 2.05) is 19.9 Å². The summed E-state index contributed by atoms with van der Waals surface area (Å²) in [6, 6.07) is -0.0317. The molecule has 0 bridgehead atoms. The highest BCUT2D eigenvalue weighted by Gasteiger charge is 2.31. The summed E-state index contributed by atoms with van der Waals surface area (Å²) in [4.78, 5) is 25.8. The van der Waals surface area contributed by atoms with Gasteiger partial charge < -0.3 is 14.7 Å². The molecular formula is C10H20O7P2. The molecule has 7 nitrogen and oxygen atoms in total. The molecule has 0 aliphatic rings. The second-order valence-corrected chi connectivity index (χ2v) is 6.92. The first-order valence-corrected chi connectivity index (χ1v) is 8.48. The van der Waals surface area contributed by atoms with Crippen molar-refractivity contribution in [3.8, 4) is 0 Å². The lowest BCUT2D eigenvalue weighted by Crippen LogP contribution is -1.94. The minimum absolute atomic E-state index is 0.0317. The van der Waals surface area contributed by atoms with E-state index in [1.165, 1.54) is 0 Å². The Labute approximate surface area is 114 Å². The van der Waals surface area contributed by atoms with Crippen LogP contribution in [0.25, 0.3) is 0 Å². The molecule has 0 heterocycles. The van der Waals surface area contributed by atoms with Crippen LogP contribution in [0.5, 0.6) is 0 Å². The molecule has 9 heteroatoms. The number of hydrogen-bond acceptors (Lipinski definition) is 4. The molecular weight excluding hydrogens is 294 g/mol. The second kappa shape index (κ2) is 8.12. The quantitative estimate of drug-likeness (QED) is 0.466. The van der Waals surface area contributed by atoms with Gasteiger partial charge in [0.25, 0.3) is 0 Å². The van der Waals surface area contributed by atoms with Gasteiger partial charge in [-0.1, -0.05) is 23.3 Å². The first-order valence-electron chi connectivity index (χ1n) is 5.96. The van der Waals surface area contributed by atoms with Crippen LogP contribution >= 0.6 is 15.6 Å². The molecule has 0 aromatic heterocycles. The zero-order chi connectivity index (χ0) is 16.0. The Bertz CT molecular complexity index is 476. The molecule has 0 spiro atoms. The summed E-state index contributed by atoms with van der Waals surface area (Å²) in [5, 5.41) is 0. The molecule has 0 aliphatic heterocycles. The third kappa shape index (κ3) is 12.5. The fraction of sp³-hybridized carbons (Fsp3) is 0.600. The van der Waals surface area contributed by atoms with E-state index in [1.54, 1.807) is 6.92 Å². The average molecular weight is 315 g/mol. The summed E-state index contributed by atoms with van der Waals surface area (Å²) in [6.07, 6.45) is 3.31. The first kappa shape index (κ1) is 16.8. The van der Waals surface area contributed by atoms with Crippen molar-refractivity contribution in [2.75, 3.05) is 6.61 Å². The third-order valence-electron chi connectivity index (χ3n) is 1.88. The Morgan fingerprint density at radius 3 is 2.32 bits per heavy atom. The molecule has 1 unspecified atom stereocenters.